The average molecular weight is 567 g/mol. The molecule has 1 aliphatic heterocycles. The van der Waals surface area contributed by atoms with Crippen LogP contribution in [0.5, 0.6) is 11.5 Å². The van der Waals surface area contributed by atoms with E-state index in [4.69, 9.17) is 19.6 Å². The van der Waals surface area contributed by atoms with Gasteiger partial charge in [-0.25, -0.2) is 9.79 Å². The molecule has 36 heavy (non-hydrogen) atoms. The molecule has 4 rings (SSSR count). The Hall–Kier alpha value is -3.56. The number of benzene rings is 3. The lowest BCUT2D eigenvalue weighted by molar-refractivity contribution is -0.139. The summed E-state index contributed by atoms with van der Waals surface area (Å²) < 4.78 is 11.3. The second-order valence-electron chi connectivity index (χ2n) is 7.75. The maximum atomic E-state index is 13.4. The van der Waals surface area contributed by atoms with Gasteiger partial charge in [-0.1, -0.05) is 48.5 Å². The molecule has 0 aliphatic carbocycles. The smallest absolute Gasteiger partial charge is 0.341 e. The molecule has 0 spiro atoms. The molecule has 0 unspecified atom stereocenters. The van der Waals surface area contributed by atoms with E-state index in [0.29, 0.717) is 38.8 Å². The predicted molar refractivity (Wildman–Crippen MR) is 145 cm³/mol. The second kappa shape index (κ2) is 11.9. The molecule has 3 aromatic carbocycles. The fraction of sp³-hybridized carbons (Fsp3) is 0.148. The van der Waals surface area contributed by atoms with Crippen LogP contribution >= 0.6 is 27.7 Å². The molecule has 0 bridgehead atoms. The first-order valence-corrected chi connectivity index (χ1v) is 12.7. The van der Waals surface area contributed by atoms with Gasteiger partial charge in [0.1, 0.15) is 0 Å². The molecule has 0 aromatic heterocycles. The lowest BCUT2D eigenvalue weighted by atomic mass is 10.1. The van der Waals surface area contributed by atoms with Crippen molar-refractivity contribution in [2.24, 2.45) is 4.99 Å². The van der Waals surface area contributed by atoms with E-state index in [1.54, 1.807) is 23.1 Å². The number of carboxylic acid groups (broad SMARTS) is 1. The van der Waals surface area contributed by atoms with E-state index in [1.165, 1.54) is 18.9 Å². The first-order chi connectivity index (χ1) is 17.4. The van der Waals surface area contributed by atoms with Crippen molar-refractivity contribution in [1.82, 2.24) is 4.90 Å². The van der Waals surface area contributed by atoms with Gasteiger partial charge in [0.25, 0.3) is 5.91 Å². The van der Waals surface area contributed by atoms with Crippen LogP contribution in [-0.2, 0) is 16.0 Å². The molecule has 3 aromatic rings. The average Bonchev–Trinajstić information content (AvgIpc) is 3.16. The van der Waals surface area contributed by atoms with Gasteiger partial charge >= 0.3 is 5.97 Å². The van der Waals surface area contributed by atoms with Crippen LogP contribution in [0.4, 0.5) is 5.69 Å². The van der Waals surface area contributed by atoms with E-state index in [-0.39, 0.29) is 11.7 Å². The Labute approximate surface area is 221 Å². The molecule has 1 aliphatic rings. The van der Waals surface area contributed by atoms with E-state index >= 15 is 0 Å². The van der Waals surface area contributed by atoms with Crippen molar-refractivity contribution in [3.63, 3.8) is 0 Å². The number of halogens is 1. The highest BCUT2D eigenvalue weighted by molar-refractivity contribution is 9.10. The van der Waals surface area contributed by atoms with Crippen LogP contribution in [0.1, 0.15) is 11.1 Å². The minimum atomic E-state index is -1.09. The number of carboxylic acids is 1. The summed E-state index contributed by atoms with van der Waals surface area (Å²) in [5.74, 6) is -0.592. The molecule has 1 fully saturated rings. The van der Waals surface area contributed by atoms with Crippen LogP contribution in [-0.4, -0.2) is 47.3 Å². The highest BCUT2D eigenvalue weighted by Crippen LogP contribution is 2.39. The Bertz CT molecular complexity index is 1310. The van der Waals surface area contributed by atoms with Crippen molar-refractivity contribution in [3.8, 4) is 11.5 Å². The summed E-state index contributed by atoms with van der Waals surface area (Å²) in [6, 6.07) is 23.0. The van der Waals surface area contributed by atoms with Crippen LogP contribution in [0, 0.1) is 0 Å². The van der Waals surface area contributed by atoms with Crippen molar-refractivity contribution in [3.05, 3.63) is 93.3 Å². The first kappa shape index (κ1) is 25.5. The number of para-hydroxylation sites is 1. The van der Waals surface area contributed by atoms with Crippen molar-refractivity contribution in [2.75, 3.05) is 20.3 Å². The second-order valence-corrected chi connectivity index (χ2v) is 9.61. The number of ether oxygens (including phenoxy) is 2. The molecule has 1 N–H and O–H groups in total. The molecule has 0 radical (unpaired) electrons. The normalized spacial score (nSPS) is 15.5. The number of amidine groups is 1. The Kier molecular flexibility index (Phi) is 8.45. The zero-order valence-corrected chi connectivity index (χ0v) is 21.8. The van der Waals surface area contributed by atoms with Crippen LogP contribution in [0.2, 0.25) is 0 Å². The van der Waals surface area contributed by atoms with Crippen LogP contribution < -0.4 is 9.47 Å². The summed E-state index contributed by atoms with van der Waals surface area (Å²) in [5.41, 5.74) is 2.60. The Morgan fingerprint density at radius 2 is 1.81 bits per heavy atom. The van der Waals surface area contributed by atoms with Gasteiger partial charge < -0.3 is 14.6 Å². The molecule has 1 heterocycles. The van der Waals surface area contributed by atoms with Gasteiger partial charge in [0.15, 0.2) is 23.3 Å². The monoisotopic (exact) mass is 566 g/mol. The van der Waals surface area contributed by atoms with Crippen LogP contribution in [0.3, 0.4) is 0 Å². The van der Waals surface area contributed by atoms with Crippen LogP contribution in [0.25, 0.3) is 6.08 Å². The van der Waals surface area contributed by atoms with Gasteiger partial charge in [-0.2, -0.15) is 0 Å². The fourth-order valence-corrected chi connectivity index (χ4v) is 5.13. The summed E-state index contributed by atoms with van der Waals surface area (Å²) in [6.45, 7) is -0.00669. The molecular weight excluding hydrogens is 544 g/mol. The molecule has 0 saturated carbocycles. The van der Waals surface area contributed by atoms with E-state index in [0.717, 1.165) is 11.3 Å². The fourth-order valence-electron chi connectivity index (χ4n) is 3.54. The first-order valence-electron chi connectivity index (χ1n) is 11.1. The molecule has 9 heteroatoms. The number of hydrogen-bond acceptors (Lipinski definition) is 6. The topological polar surface area (TPSA) is 88.4 Å². The number of hydrogen-bond donors (Lipinski definition) is 1. The quantitative estimate of drug-likeness (QED) is 0.331. The number of aliphatic carboxylic acids is 1. The van der Waals surface area contributed by atoms with Gasteiger partial charge in [0.05, 0.1) is 22.2 Å². The number of thioether (sulfide) groups is 1. The summed E-state index contributed by atoms with van der Waals surface area (Å²) in [6.07, 6.45) is 2.47. The molecule has 0 atom stereocenters. The van der Waals surface area contributed by atoms with Gasteiger partial charge in [-0.15, -0.1) is 0 Å². The maximum absolute atomic E-state index is 13.4. The predicted octanol–water partition coefficient (Wildman–Crippen LogP) is 5.77. The maximum Gasteiger partial charge on any atom is 0.341 e. The Balaban J connectivity index is 1.64. The molecule has 1 saturated heterocycles. The van der Waals surface area contributed by atoms with Crippen molar-refractivity contribution in [2.45, 2.75) is 6.42 Å². The molecule has 7 nitrogen and oxygen atoms in total. The molecule has 1 amide bonds. The number of carbonyl (C=O) groups excluding carboxylic acids is 1. The minimum Gasteiger partial charge on any atom is -0.493 e. The number of amides is 1. The van der Waals surface area contributed by atoms with E-state index in [1.807, 2.05) is 60.7 Å². The van der Waals surface area contributed by atoms with Crippen molar-refractivity contribution < 1.29 is 24.2 Å². The highest BCUT2D eigenvalue weighted by Gasteiger charge is 2.33. The number of nitrogens with zero attached hydrogens (tertiary/aromatic N) is 2. The van der Waals surface area contributed by atoms with Gasteiger partial charge in [-0.05, 0) is 75.6 Å². The number of rotatable bonds is 9. The number of methoxy groups -OCH3 is 1. The summed E-state index contributed by atoms with van der Waals surface area (Å²) in [7, 11) is 1.47. The van der Waals surface area contributed by atoms with Crippen LogP contribution in [0.15, 0.2) is 87.2 Å². The van der Waals surface area contributed by atoms with Crippen molar-refractivity contribution in [1.29, 1.82) is 0 Å². The third-order valence-corrected chi connectivity index (χ3v) is 6.82. The third-order valence-electron chi connectivity index (χ3n) is 5.23. The largest absolute Gasteiger partial charge is 0.493 e. The van der Waals surface area contributed by atoms with Crippen molar-refractivity contribution >= 4 is 56.5 Å². The summed E-state index contributed by atoms with van der Waals surface area (Å²) in [5, 5.41) is 9.54. The van der Waals surface area contributed by atoms with Gasteiger partial charge in [0, 0.05) is 6.54 Å². The standard InChI is InChI=1S/C27H23BrN2O5S/c1-34-22-15-19(14-21(28)25(22)35-17-24(31)32)16-23-26(33)30(13-12-18-8-4-2-5-9-18)27(36-23)29-20-10-6-3-7-11-20/h2-11,14-16H,12-13,17H2,1H3,(H,31,32)/b23-16+,29-27?. The molecular formula is C27H23BrN2O5S. The number of aliphatic imine (C=N–C) groups is 1. The zero-order valence-electron chi connectivity index (χ0n) is 19.4. The Morgan fingerprint density at radius 1 is 1.11 bits per heavy atom. The van der Waals surface area contributed by atoms with Gasteiger partial charge in [0.2, 0.25) is 0 Å². The van der Waals surface area contributed by atoms with E-state index in [9.17, 15) is 9.59 Å². The lowest BCUT2D eigenvalue weighted by Gasteiger charge is -2.15. The highest BCUT2D eigenvalue weighted by atomic mass is 79.9. The van der Waals surface area contributed by atoms with E-state index < -0.39 is 12.6 Å². The lowest BCUT2D eigenvalue weighted by Crippen LogP contribution is -2.31. The third kappa shape index (κ3) is 6.35. The van der Waals surface area contributed by atoms with Gasteiger partial charge in [-0.3, -0.25) is 9.69 Å². The minimum absolute atomic E-state index is 0.132. The Morgan fingerprint density at radius 3 is 2.47 bits per heavy atom. The van der Waals surface area contributed by atoms with E-state index in [2.05, 4.69) is 15.9 Å². The summed E-state index contributed by atoms with van der Waals surface area (Å²) >= 11 is 4.73. The molecule has 184 valence electrons. The SMILES string of the molecule is COc1cc(/C=C2/SC(=Nc3ccccc3)N(CCc3ccccc3)C2=O)cc(Br)c1OCC(=O)O. The number of carbonyl (C=O) groups is 2. The summed E-state index contributed by atoms with van der Waals surface area (Å²) in [4.78, 5) is 31.3. The zero-order chi connectivity index (χ0) is 25.5.